The molecule has 8 N–H and O–H groups in total. The highest BCUT2D eigenvalue weighted by Gasteiger charge is 2.27. The summed E-state index contributed by atoms with van der Waals surface area (Å²) in [6, 6.07) is 135. The second kappa shape index (κ2) is 45.9. The van der Waals surface area contributed by atoms with Gasteiger partial charge in [-0.1, -0.05) is 274 Å². The van der Waals surface area contributed by atoms with Gasteiger partial charge in [-0.15, -0.1) is 22.7 Å². The Morgan fingerprint density at radius 3 is 1.24 bits per heavy atom. The van der Waals surface area contributed by atoms with Gasteiger partial charge in [0.15, 0.2) is 3.77 Å². The number of phenolic OH excluding ortho intramolecular Hbond substituents is 5. The highest BCUT2D eigenvalue weighted by atomic mass is 127. The maximum atomic E-state index is 13.4. The summed E-state index contributed by atoms with van der Waals surface area (Å²) in [4.78, 5) is 5.15. The molecule has 0 radical (unpaired) electrons. The third-order valence-corrected chi connectivity index (χ3v) is 34.9. The number of aromatic amines is 1. The summed E-state index contributed by atoms with van der Waals surface area (Å²) in [5, 5.41) is 83.4. The van der Waals surface area contributed by atoms with Crippen LogP contribution < -0.4 is 5.46 Å². The normalized spacial score (nSPS) is 11.2. The highest BCUT2D eigenvalue weighted by molar-refractivity contribution is 14.1. The van der Waals surface area contributed by atoms with E-state index < -0.39 is 27.2 Å². The first-order valence-corrected chi connectivity index (χ1v) is 55.5. The van der Waals surface area contributed by atoms with Crippen molar-refractivity contribution in [2.45, 2.75) is 37.5 Å². The van der Waals surface area contributed by atoms with Gasteiger partial charge >= 0.3 is 7.12 Å². The third kappa shape index (κ3) is 23.8. The Labute approximate surface area is 911 Å². The molecule has 25 heteroatoms. The van der Waals surface area contributed by atoms with Crippen LogP contribution in [0.25, 0.3) is 173 Å². The van der Waals surface area contributed by atoms with Crippen molar-refractivity contribution >= 4 is 274 Å². The minimum atomic E-state index is -3.73. The molecule has 0 atom stereocenters. The van der Waals surface area contributed by atoms with Gasteiger partial charge in [0.1, 0.15) is 49.4 Å². The number of fused-ring (bicyclic) bond motifs is 12. The van der Waals surface area contributed by atoms with E-state index in [1.165, 1.54) is 63.3 Å². The molecule has 0 unspecified atom stereocenters. The summed E-state index contributed by atoms with van der Waals surface area (Å²) in [6.07, 6.45) is 3.74. The van der Waals surface area contributed by atoms with Gasteiger partial charge in [0.05, 0.1) is 27.3 Å². The zero-order chi connectivity index (χ0) is 103. The largest absolute Gasteiger partial charge is 0.508 e. The minimum Gasteiger partial charge on any atom is -0.508 e. The minimum absolute atomic E-state index is 0.204. The van der Waals surface area contributed by atoms with Gasteiger partial charge < -0.3 is 49.4 Å². The molecule has 0 saturated carbocycles. The lowest BCUT2D eigenvalue weighted by Crippen LogP contribution is -2.29. The number of aryl methyl sites for hydroxylation is 2. The average Bonchev–Trinajstić information content (AvgIpc) is 1.60. The molecule has 7 aromatic heterocycles. The number of nitrogens with one attached hydrogen (secondary N) is 1. The van der Waals surface area contributed by atoms with E-state index in [-0.39, 0.29) is 22.1 Å². The Balaban J connectivity index is 0.000000112. The molecule has 7 heterocycles. The first-order valence-electron chi connectivity index (χ1n) is 46.7. The standard InChI is InChI=1S/C25H19NO3S.C18H13NO.C18H12O2.C18H12OS.C15H11I2NO2S.C10H9BO3.C8H5IO.C8H5IS.C2H6/c1-17-6-12-22(13-7-17)30(28,29)26-16-24(23-4-2-3-5-25(23)26)20-9-8-19-15-21(27)11-10-18(19)14-20;20-15-8-7-12-9-14(6-5-13(12)10-15)17-11-19-18-4-2-1-3-16(17)18;2*19-16-8-7-12-9-15(6-5-13(12)10-16)18-11-14-3-1-2-4-17(14)20-18;1-10-6-8-11(9-7-10)21(19,20)18-13-5-3-2-4-12(13)14(16)15(18)17;12-10-4-2-7-5-9(11(13)14)3-1-8(7)6-10;2*9-8-5-6-3-1-2-4-7(6)10-8;1-2/h2-16,27H,1H3;1-11,19-20H;2*1-11,19H;2-9H,1H3;1-6,12-14H;2*1-5H;1-2H3. The lowest BCUT2D eigenvalue weighted by Gasteiger charge is -2.09. The zero-order valence-corrected chi connectivity index (χ0v) is 91.2. The third-order valence-electron chi connectivity index (χ3n) is 24.4. The van der Waals surface area contributed by atoms with E-state index >= 15 is 0 Å². The fraction of sp³-hybridized carbons (Fsp3) is 0.0328. The molecule has 26 aromatic rings. The fourth-order valence-corrected chi connectivity index (χ4v) is 25.5. The summed E-state index contributed by atoms with van der Waals surface area (Å²) in [5.74, 6) is 2.19. The SMILES string of the molecule is CC.Cc1ccc(S(=O)(=O)n2c(I)c(I)c3ccccc32)cc1.Cc1ccc(S(=O)(=O)n2cc(-c3ccc4cc(O)ccc4c3)c3ccccc32)cc1.Ic1cc2ccccc2o1.Ic1cc2ccccc2s1.OB(O)c1ccc2cc(O)ccc2c1.Oc1ccc2cc(-c3c[nH]c4ccccc34)ccc2c1.Oc1ccc2cc(-c3cc4ccccc4o3)ccc2c1.Oc1ccc2cc(-c3cc4ccccc4s3)ccc2c1. The smallest absolute Gasteiger partial charge is 0.488 e. The molecule has 0 aliphatic rings. The number of benzene rings is 19. The summed E-state index contributed by atoms with van der Waals surface area (Å²) >= 11 is 12.5. The lowest BCUT2D eigenvalue weighted by atomic mass is 9.79. The number of aromatic nitrogens is 3. The Morgan fingerprint density at radius 2 is 0.721 bits per heavy atom. The number of phenols is 5. The predicted molar refractivity (Wildman–Crippen MR) is 642 cm³/mol. The predicted octanol–water partition coefficient (Wildman–Crippen LogP) is 33.0. The van der Waals surface area contributed by atoms with Crippen molar-refractivity contribution in [1.82, 2.24) is 12.9 Å². The molecule has 147 heavy (non-hydrogen) atoms. The molecule has 19 aromatic carbocycles. The van der Waals surface area contributed by atoms with Crippen LogP contribution in [-0.2, 0) is 20.0 Å². The van der Waals surface area contributed by atoms with Crippen molar-refractivity contribution in [3.8, 4) is 72.8 Å². The summed E-state index contributed by atoms with van der Waals surface area (Å²) in [5.41, 5.74) is 13.3. The quantitative estimate of drug-likeness (QED) is 0.0494. The number of nitrogens with zero attached hydrogens (tertiary/aromatic N) is 2. The van der Waals surface area contributed by atoms with Gasteiger partial charge in [0.25, 0.3) is 20.0 Å². The van der Waals surface area contributed by atoms with Crippen LogP contribution in [0.15, 0.2) is 456 Å². The molecule has 26 rings (SSSR count). The van der Waals surface area contributed by atoms with Crippen molar-refractivity contribution in [2.24, 2.45) is 0 Å². The van der Waals surface area contributed by atoms with Crippen molar-refractivity contribution in [1.29, 1.82) is 0 Å². The van der Waals surface area contributed by atoms with E-state index in [0.717, 1.165) is 131 Å². The first-order chi connectivity index (χ1) is 71.1. The van der Waals surface area contributed by atoms with Gasteiger partial charge in [-0.05, 0) is 367 Å². The molecule has 16 nitrogen and oxygen atoms in total. The fourth-order valence-electron chi connectivity index (χ4n) is 17.0. The Kier molecular flexibility index (Phi) is 32.1. The summed E-state index contributed by atoms with van der Waals surface area (Å²) in [7, 11) is -8.77. The monoisotopic (exact) mass is 2450 g/mol. The summed E-state index contributed by atoms with van der Waals surface area (Å²) in [6.45, 7) is 7.87. The van der Waals surface area contributed by atoms with Crippen LogP contribution in [-0.4, -0.2) is 72.5 Å². The molecule has 0 bridgehead atoms. The van der Waals surface area contributed by atoms with Crippen LogP contribution in [0.1, 0.15) is 25.0 Å². The maximum absolute atomic E-state index is 13.4. The summed E-state index contributed by atoms with van der Waals surface area (Å²) < 4.78 is 73.4. The van der Waals surface area contributed by atoms with Gasteiger partial charge in [-0.2, -0.15) is 0 Å². The first kappa shape index (κ1) is 103. The van der Waals surface area contributed by atoms with E-state index in [2.05, 4.69) is 217 Å². The number of thiophene rings is 2. The van der Waals surface area contributed by atoms with Crippen LogP contribution >= 0.6 is 113 Å². The van der Waals surface area contributed by atoms with Crippen molar-refractivity contribution in [3.05, 3.63) is 462 Å². The van der Waals surface area contributed by atoms with E-state index in [1.54, 1.807) is 128 Å². The van der Waals surface area contributed by atoms with Gasteiger partial charge in [-0.3, -0.25) is 0 Å². The van der Waals surface area contributed by atoms with Crippen molar-refractivity contribution in [3.63, 3.8) is 0 Å². The van der Waals surface area contributed by atoms with E-state index in [9.17, 15) is 42.4 Å². The maximum Gasteiger partial charge on any atom is 0.488 e. The zero-order valence-electron chi connectivity index (χ0n) is 79.3. The molecule has 0 fully saturated rings. The molecular weight excluding hydrogens is 2360 g/mol. The lowest BCUT2D eigenvalue weighted by molar-refractivity contribution is 0.425. The number of furan rings is 2. The number of hydrogen-bond acceptors (Lipinski definition) is 15. The average molecular weight is 2450 g/mol. The van der Waals surface area contributed by atoms with Crippen LogP contribution in [0.4, 0.5) is 0 Å². The Morgan fingerprint density at radius 1 is 0.327 bits per heavy atom. The van der Waals surface area contributed by atoms with Gasteiger partial charge in [0, 0.05) is 75.8 Å². The van der Waals surface area contributed by atoms with Crippen LogP contribution in [0.3, 0.4) is 0 Å². The molecular formula is C122H92BI4N3O13S4. The van der Waals surface area contributed by atoms with Gasteiger partial charge in [-0.25, -0.2) is 24.8 Å². The number of halogens is 4. The molecule has 0 spiro atoms. The second-order valence-corrected chi connectivity index (χ2v) is 45.1. The van der Waals surface area contributed by atoms with Crippen molar-refractivity contribution < 1.29 is 61.3 Å². The topological polar surface area (TPSA) is 262 Å². The molecule has 0 saturated heterocycles. The number of H-pyrrole nitrogens is 1. The van der Waals surface area contributed by atoms with E-state index in [0.29, 0.717) is 32.9 Å². The molecule has 728 valence electrons. The van der Waals surface area contributed by atoms with Crippen LogP contribution in [0.5, 0.6) is 28.7 Å². The van der Waals surface area contributed by atoms with Crippen LogP contribution in [0, 0.1) is 27.8 Å². The number of rotatable bonds is 9. The number of aromatic hydroxyl groups is 5. The molecule has 0 aliphatic heterocycles. The Hall–Kier alpha value is -14.1. The van der Waals surface area contributed by atoms with Crippen LogP contribution in [0.2, 0.25) is 0 Å². The molecule has 0 amide bonds. The van der Waals surface area contributed by atoms with E-state index in [4.69, 9.17) is 18.9 Å². The highest BCUT2D eigenvalue weighted by Crippen LogP contribution is 2.41. The number of para-hydroxylation sites is 5. The number of hydrogen-bond donors (Lipinski definition) is 8. The molecule has 0 aliphatic carbocycles. The Bertz CT molecular complexity index is 9180. The van der Waals surface area contributed by atoms with E-state index in [1.807, 2.05) is 239 Å². The second-order valence-electron chi connectivity index (χ2n) is 34.2. The van der Waals surface area contributed by atoms with Gasteiger partial charge in [0.2, 0.25) is 0 Å². The van der Waals surface area contributed by atoms with Crippen molar-refractivity contribution in [2.75, 3.05) is 0 Å².